The summed E-state index contributed by atoms with van der Waals surface area (Å²) in [6.45, 7) is 0.671. The van der Waals surface area contributed by atoms with E-state index >= 15 is 0 Å². The third kappa shape index (κ3) is 1.00. The van der Waals surface area contributed by atoms with E-state index in [-0.39, 0.29) is 11.7 Å². The molecule has 1 saturated heterocycles. The lowest BCUT2D eigenvalue weighted by Gasteiger charge is -2.41. The maximum absolute atomic E-state index is 11.7. The standard InChI is InChI=1S/C9H14O3/c1-11-9-5-2-3-7(8(9)10)4-6-12-9/h7H,2-6H2,1H3/t7-,9-/m0/s1. The van der Waals surface area contributed by atoms with Crippen molar-refractivity contribution in [3.8, 4) is 0 Å². The first-order chi connectivity index (χ1) is 5.78. The van der Waals surface area contributed by atoms with Gasteiger partial charge in [0.1, 0.15) is 0 Å². The molecule has 0 N–H and O–H groups in total. The maximum atomic E-state index is 11.7. The fourth-order valence-corrected chi connectivity index (χ4v) is 2.19. The average Bonchev–Trinajstić information content (AvgIpc) is 2.05. The van der Waals surface area contributed by atoms with E-state index in [2.05, 4.69) is 0 Å². The smallest absolute Gasteiger partial charge is 0.228 e. The molecule has 3 heteroatoms. The summed E-state index contributed by atoms with van der Waals surface area (Å²) >= 11 is 0. The predicted molar refractivity (Wildman–Crippen MR) is 42.7 cm³/mol. The molecule has 1 heterocycles. The molecule has 2 aliphatic rings. The van der Waals surface area contributed by atoms with Crippen molar-refractivity contribution in [2.24, 2.45) is 5.92 Å². The molecule has 0 amide bonds. The number of hydrogen-bond donors (Lipinski definition) is 0. The molecule has 0 unspecified atom stereocenters. The first kappa shape index (κ1) is 8.20. The number of carbonyl (C=O) groups excluding carboxylic acids is 1. The van der Waals surface area contributed by atoms with Crippen LogP contribution in [-0.4, -0.2) is 25.3 Å². The highest BCUT2D eigenvalue weighted by molar-refractivity contribution is 5.89. The Bertz CT molecular complexity index is 190. The third-order valence-electron chi connectivity index (χ3n) is 2.94. The SMILES string of the molecule is CO[C@@]12CCC[C@@H](CCO1)C2=O. The number of ether oxygens (including phenoxy) is 2. The van der Waals surface area contributed by atoms with Gasteiger partial charge in [-0.05, 0) is 19.3 Å². The largest absolute Gasteiger partial charge is 0.347 e. The van der Waals surface area contributed by atoms with Crippen LogP contribution in [0.15, 0.2) is 0 Å². The average molecular weight is 170 g/mol. The van der Waals surface area contributed by atoms with E-state index < -0.39 is 5.79 Å². The number of rotatable bonds is 1. The Labute approximate surface area is 72.0 Å². The number of fused-ring (bicyclic) bond motifs is 2. The van der Waals surface area contributed by atoms with Crippen LogP contribution >= 0.6 is 0 Å². The van der Waals surface area contributed by atoms with Gasteiger partial charge < -0.3 is 9.47 Å². The fourth-order valence-electron chi connectivity index (χ4n) is 2.19. The van der Waals surface area contributed by atoms with Gasteiger partial charge in [-0.25, -0.2) is 0 Å². The summed E-state index contributed by atoms with van der Waals surface area (Å²) < 4.78 is 10.6. The second kappa shape index (κ2) is 2.82. The van der Waals surface area contributed by atoms with Crippen LogP contribution in [0.4, 0.5) is 0 Å². The molecule has 0 aromatic rings. The van der Waals surface area contributed by atoms with Crippen molar-refractivity contribution in [3.63, 3.8) is 0 Å². The molecule has 1 aliphatic carbocycles. The molecule has 0 radical (unpaired) electrons. The van der Waals surface area contributed by atoms with Gasteiger partial charge in [0.2, 0.25) is 5.79 Å². The van der Waals surface area contributed by atoms with Gasteiger partial charge in [0, 0.05) is 19.4 Å². The summed E-state index contributed by atoms with van der Waals surface area (Å²) in [6.07, 6.45) is 3.68. The first-order valence-corrected chi connectivity index (χ1v) is 4.52. The quantitative estimate of drug-likeness (QED) is 0.591. The highest BCUT2D eigenvalue weighted by Crippen LogP contribution is 2.38. The van der Waals surface area contributed by atoms with Crippen LogP contribution in [0.1, 0.15) is 25.7 Å². The number of hydrogen-bond acceptors (Lipinski definition) is 3. The zero-order valence-corrected chi connectivity index (χ0v) is 7.34. The molecule has 3 nitrogen and oxygen atoms in total. The van der Waals surface area contributed by atoms with E-state index in [1.165, 1.54) is 0 Å². The van der Waals surface area contributed by atoms with E-state index in [1.54, 1.807) is 7.11 Å². The topological polar surface area (TPSA) is 35.5 Å². The van der Waals surface area contributed by atoms with E-state index in [0.29, 0.717) is 6.61 Å². The third-order valence-corrected chi connectivity index (χ3v) is 2.94. The lowest BCUT2D eigenvalue weighted by atomic mass is 9.80. The van der Waals surface area contributed by atoms with Gasteiger partial charge in [0.15, 0.2) is 5.78 Å². The Morgan fingerprint density at radius 2 is 2.42 bits per heavy atom. The lowest BCUT2D eigenvalue weighted by molar-refractivity contribution is -0.245. The lowest BCUT2D eigenvalue weighted by Crippen LogP contribution is -2.53. The Balaban J connectivity index is 2.24. The van der Waals surface area contributed by atoms with Crippen LogP contribution in [0.2, 0.25) is 0 Å². The van der Waals surface area contributed by atoms with Crippen LogP contribution in [-0.2, 0) is 14.3 Å². The monoisotopic (exact) mass is 170 g/mol. The predicted octanol–water partition coefficient (Wildman–Crippen LogP) is 1.12. The molecule has 1 saturated carbocycles. The van der Waals surface area contributed by atoms with Crippen molar-refractivity contribution in [1.82, 2.24) is 0 Å². The van der Waals surface area contributed by atoms with Gasteiger partial charge >= 0.3 is 0 Å². The van der Waals surface area contributed by atoms with Gasteiger partial charge in [0.25, 0.3) is 0 Å². The number of ketones is 1. The van der Waals surface area contributed by atoms with Crippen molar-refractivity contribution in [3.05, 3.63) is 0 Å². The summed E-state index contributed by atoms with van der Waals surface area (Å²) in [7, 11) is 1.56. The minimum absolute atomic E-state index is 0.169. The molecule has 2 atom stereocenters. The summed E-state index contributed by atoms with van der Waals surface area (Å²) in [5, 5.41) is 0. The maximum Gasteiger partial charge on any atom is 0.228 e. The van der Waals surface area contributed by atoms with Crippen LogP contribution in [0.3, 0.4) is 0 Å². The molecule has 0 aromatic carbocycles. The molecule has 2 fully saturated rings. The highest BCUT2D eigenvalue weighted by atomic mass is 16.7. The summed E-state index contributed by atoms with van der Waals surface area (Å²) in [4.78, 5) is 11.7. The fraction of sp³-hybridized carbons (Fsp3) is 0.889. The summed E-state index contributed by atoms with van der Waals surface area (Å²) in [5.41, 5.74) is 0. The number of carbonyl (C=O) groups is 1. The second-order valence-electron chi connectivity index (χ2n) is 3.55. The normalized spacial score (nSPS) is 41.4. The van der Waals surface area contributed by atoms with E-state index in [0.717, 1.165) is 25.7 Å². The minimum Gasteiger partial charge on any atom is -0.347 e. The first-order valence-electron chi connectivity index (χ1n) is 4.52. The highest BCUT2D eigenvalue weighted by Gasteiger charge is 2.48. The Morgan fingerprint density at radius 3 is 3.08 bits per heavy atom. The van der Waals surface area contributed by atoms with Crippen LogP contribution < -0.4 is 0 Å². The van der Waals surface area contributed by atoms with Crippen molar-refractivity contribution >= 4 is 5.78 Å². The van der Waals surface area contributed by atoms with Crippen LogP contribution in [0.25, 0.3) is 0 Å². The number of methoxy groups -OCH3 is 1. The summed E-state index contributed by atoms with van der Waals surface area (Å²) in [6, 6.07) is 0. The Hall–Kier alpha value is -0.410. The molecule has 0 aromatic heterocycles. The zero-order valence-electron chi connectivity index (χ0n) is 7.34. The van der Waals surface area contributed by atoms with E-state index in [1.807, 2.05) is 0 Å². The van der Waals surface area contributed by atoms with Gasteiger partial charge in [-0.3, -0.25) is 4.79 Å². The molecule has 2 rings (SSSR count). The minimum atomic E-state index is -0.860. The van der Waals surface area contributed by atoms with Gasteiger partial charge in [-0.2, -0.15) is 0 Å². The van der Waals surface area contributed by atoms with Gasteiger partial charge in [0.05, 0.1) is 6.61 Å². The van der Waals surface area contributed by atoms with E-state index in [4.69, 9.17) is 9.47 Å². The molecule has 68 valence electrons. The molecule has 12 heavy (non-hydrogen) atoms. The van der Waals surface area contributed by atoms with Gasteiger partial charge in [-0.15, -0.1) is 0 Å². The Morgan fingerprint density at radius 1 is 1.58 bits per heavy atom. The molecule has 1 aliphatic heterocycles. The van der Waals surface area contributed by atoms with E-state index in [9.17, 15) is 4.79 Å². The van der Waals surface area contributed by atoms with Crippen molar-refractivity contribution in [2.75, 3.05) is 13.7 Å². The van der Waals surface area contributed by atoms with Crippen molar-refractivity contribution in [2.45, 2.75) is 31.5 Å². The number of Topliss-reactive ketones (excluding diaryl/α,β-unsaturated/α-hetero) is 1. The van der Waals surface area contributed by atoms with Crippen molar-refractivity contribution < 1.29 is 14.3 Å². The Kier molecular flexibility index (Phi) is 1.93. The summed E-state index contributed by atoms with van der Waals surface area (Å²) in [5.74, 6) is -0.490. The molecular formula is C9H14O3. The zero-order chi connectivity index (χ0) is 8.60. The van der Waals surface area contributed by atoms with Crippen LogP contribution in [0.5, 0.6) is 0 Å². The molecule has 0 spiro atoms. The molecular weight excluding hydrogens is 156 g/mol. The van der Waals surface area contributed by atoms with Crippen LogP contribution in [0, 0.1) is 5.92 Å². The van der Waals surface area contributed by atoms with Gasteiger partial charge in [-0.1, -0.05) is 0 Å². The second-order valence-corrected chi connectivity index (χ2v) is 3.55. The molecule has 2 bridgehead atoms. The van der Waals surface area contributed by atoms with Crippen molar-refractivity contribution in [1.29, 1.82) is 0 Å².